The highest BCUT2D eigenvalue weighted by molar-refractivity contribution is 8.13. The van der Waals surface area contributed by atoms with Crippen LogP contribution in [0.5, 0.6) is 0 Å². The molecule has 3 nitrogen and oxygen atoms in total. The molecule has 1 aromatic heterocycles. The maximum atomic E-state index is 11.4. The van der Waals surface area contributed by atoms with Gasteiger partial charge in [-0.15, -0.1) is 0 Å². The zero-order valence-corrected chi connectivity index (χ0v) is 9.91. The average Bonchev–Trinajstić information content (AvgIpc) is 2.48. The van der Waals surface area contributed by atoms with E-state index < -0.39 is 9.05 Å². The Morgan fingerprint density at radius 1 is 1.33 bits per heavy atom. The van der Waals surface area contributed by atoms with Crippen molar-refractivity contribution in [2.75, 3.05) is 0 Å². The second kappa shape index (κ2) is 3.25. The van der Waals surface area contributed by atoms with E-state index >= 15 is 0 Å². The first kappa shape index (κ1) is 10.5. The molecule has 0 radical (unpaired) electrons. The van der Waals surface area contributed by atoms with Crippen LogP contribution in [0.4, 0.5) is 0 Å². The molecule has 2 aromatic rings. The molecule has 0 saturated heterocycles. The molecule has 0 unspecified atom stereocenters. The number of fused-ring (bicyclic) bond motifs is 1. The number of aromatic nitrogens is 1. The fraction of sp³-hybridized carbons (Fsp3) is 0.200. The van der Waals surface area contributed by atoms with Crippen molar-refractivity contribution in [3.63, 3.8) is 0 Å². The van der Waals surface area contributed by atoms with Crippen molar-refractivity contribution in [2.24, 2.45) is 0 Å². The lowest BCUT2D eigenvalue weighted by molar-refractivity contribution is 0.608. The minimum atomic E-state index is -3.68. The Hall–Kier alpha value is -1.00. The Labute approximate surface area is 92.5 Å². The first-order chi connectivity index (χ1) is 6.91. The van der Waals surface area contributed by atoms with Gasteiger partial charge in [0.25, 0.3) is 9.05 Å². The molecular weight excluding hydrogens is 234 g/mol. The third-order valence-electron chi connectivity index (χ3n) is 2.49. The quantitative estimate of drug-likeness (QED) is 0.783. The third kappa shape index (κ3) is 1.64. The van der Waals surface area contributed by atoms with E-state index in [9.17, 15) is 8.42 Å². The van der Waals surface area contributed by atoms with E-state index in [0.29, 0.717) is 11.1 Å². The maximum Gasteiger partial charge on any atom is 0.261 e. The highest BCUT2D eigenvalue weighted by Crippen LogP contribution is 2.29. The molecule has 1 aromatic carbocycles. The minimum Gasteiger partial charge on any atom is -0.361 e. The number of H-pyrrole nitrogens is 1. The summed E-state index contributed by atoms with van der Waals surface area (Å²) in [4.78, 5) is 3.26. The summed E-state index contributed by atoms with van der Waals surface area (Å²) in [7, 11) is 1.72. The van der Waals surface area contributed by atoms with E-state index in [1.54, 1.807) is 26.1 Å². The van der Waals surface area contributed by atoms with Gasteiger partial charge in [-0.3, -0.25) is 0 Å². The van der Waals surface area contributed by atoms with E-state index in [1.165, 1.54) is 0 Å². The molecule has 0 bridgehead atoms. The Bertz CT molecular complexity index is 628. The normalized spacial score (nSPS) is 12.2. The summed E-state index contributed by atoms with van der Waals surface area (Å²) >= 11 is 0. The van der Waals surface area contributed by atoms with Crippen LogP contribution >= 0.6 is 10.7 Å². The molecule has 15 heavy (non-hydrogen) atoms. The average molecular weight is 244 g/mol. The zero-order chi connectivity index (χ0) is 11.2. The van der Waals surface area contributed by atoms with Crippen LogP contribution in [0.1, 0.15) is 11.1 Å². The standard InChI is InChI=1S/C10H10ClNO2S/c1-6-5-9-8(3-4-12-9)7(2)10(6)15(11,13)14/h3-5,12H,1-2H3. The maximum absolute atomic E-state index is 11.4. The first-order valence-corrected chi connectivity index (χ1v) is 6.74. The Morgan fingerprint density at radius 3 is 2.60 bits per heavy atom. The van der Waals surface area contributed by atoms with Gasteiger partial charge in [0.2, 0.25) is 0 Å². The minimum absolute atomic E-state index is 0.219. The van der Waals surface area contributed by atoms with Crippen molar-refractivity contribution in [1.29, 1.82) is 0 Å². The molecule has 0 aliphatic rings. The fourth-order valence-corrected chi connectivity index (χ4v) is 3.54. The number of hydrogen-bond acceptors (Lipinski definition) is 2. The summed E-state index contributed by atoms with van der Waals surface area (Å²) in [5.74, 6) is 0. The summed E-state index contributed by atoms with van der Waals surface area (Å²) in [5.41, 5.74) is 2.28. The molecule has 0 fully saturated rings. The smallest absolute Gasteiger partial charge is 0.261 e. The molecule has 1 heterocycles. The lowest BCUT2D eigenvalue weighted by Gasteiger charge is -2.07. The van der Waals surface area contributed by atoms with Crippen LogP contribution in [0.2, 0.25) is 0 Å². The van der Waals surface area contributed by atoms with E-state index in [2.05, 4.69) is 4.98 Å². The SMILES string of the molecule is Cc1cc2[nH]ccc2c(C)c1S(=O)(=O)Cl. The van der Waals surface area contributed by atoms with Gasteiger partial charge in [-0.2, -0.15) is 0 Å². The summed E-state index contributed by atoms with van der Waals surface area (Å²) in [6.45, 7) is 3.50. The van der Waals surface area contributed by atoms with Crippen LogP contribution in [-0.2, 0) is 9.05 Å². The largest absolute Gasteiger partial charge is 0.361 e. The van der Waals surface area contributed by atoms with Gasteiger partial charge in [-0.1, -0.05) is 0 Å². The van der Waals surface area contributed by atoms with Crippen LogP contribution < -0.4 is 0 Å². The summed E-state index contributed by atoms with van der Waals surface area (Å²) < 4.78 is 22.8. The number of halogens is 1. The summed E-state index contributed by atoms with van der Waals surface area (Å²) in [5, 5.41) is 0.889. The monoisotopic (exact) mass is 243 g/mol. The lowest BCUT2D eigenvalue weighted by atomic mass is 10.1. The molecule has 0 aliphatic heterocycles. The van der Waals surface area contributed by atoms with E-state index in [-0.39, 0.29) is 4.90 Å². The predicted molar refractivity (Wildman–Crippen MR) is 60.8 cm³/mol. The number of aryl methyl sites for hydroxylation is 2. The molecule has 1 N–H and O–H groups in total. The van der Waals surface area contributed by atoms with Crippen molar-refractivity contribution in [1.82, 2.24) is 4.98 Å². The van der Waals surface area contributed by atoms with Gasteiger partial charge in [0.1, 0.15) is 0 Å². The van der Waals surface area contributed by atoms with Crippen molar-refractivity contribution in [2.45, 2.75) is 18.7 Å². The van der Waals surface area contributed by atoms with E-state index in [0.717, 1.165) is 10.9 Å². The number of nitrogens with one attached hydrogen (secondary N) is 1. The van der Waals surface area contributed by atoms with Crippen LogP contribution in [0.15, 0.2) is 23.2 Å². The number of rotatable bonds is 1. The molecule has 80 valence electrons. The van der Waals surface area contributed by atoms with Crippen LogP contribution in [0.3, 0.4) is 0 Å². The molecule has 5 heteroatoms. The molecule has 2 rings (SSSR count). The van der Waals surface area contributed by atoms with E-state index in [1.807, 2.05) is 6.07 Å². The van der Waals surface area contributed by atoms with Crippen molar-refractivity contribution in [3.05, 3.63) is 29.5 Å². The highest BCUT2D eigenvalue weighted by atomic mass is 35.7. The zero-order valence-electron chi connectivity index (χ0n) is 8.33. The summed E-state index contributed by atoms with van der Waals surface area (Å²) in [6.07, 6.45) is 1.78. The second-order valence-corrected chi connectivity index (χ2v) is 6.03. The van der Waals surface area contributed by atoms with Crippen LogP contribution in [-0.4, -0.2) is 13.4 Å². The van der Waals surface area contributed by atoms with Gasteiger partial charge in [0.15, 0.2) is 0 Å². The third-order valence-corrected chi connectivity index (χ3v) is 4.07. The molecular formula is C10H10ClNO2S. The lowest BCUT2D eigenvalue weighted by Crippen LogP contribution is -1.98. The first-order valence-electron chi connectivity index (χ1n) is 4.43. The van der Waals surface area contributed by atoms with Crippen molar-refractivity contribution < 1.29 is 8.42 Å². The van der Waals surface area contributed by atoms with Gasteiger partial charge in [0.05, 0.1) is 4.90 Å². The summed E-state index contributed by atoms with van der Waals surface area (Å²) in [6, 6.07) is 3.63. The second-order valence-electron chi connectivity index (χ2n) is 3.52. The molecule has 0 spiro atoms. The topological polar surface area (TPSA) is 49.9 Å². The van der Waals surface area contributed by atoms with Gasteiger partial charge in [-0.05, 0) is 37.1 Å². The Kier molecular flexibility index (Phi) is 2.28. The fourth-order valence-electron chi connectivity index (χ4n) is 1.90. The van der Waals surface area contributed by atoms with Crippen molar-refractivity contribution in [3.8, 4) is 0 Å². The van der Waals surface area contributed by atoms with Gasteiger partial charge < -0.3 is 4.98 Å². The number of benzene rings is 1. The van der Waals surface area contributed by atoms with Gasteiger partial charge >= 0.3 is 0 Å². The number of hydrogen-bond donors (Lipinski definition) is 1. The van der Waals surface area contributed by atoms with Crippen LogP contribution in [0, 0.1) is 13.8 Å². The molecule has 0 saturated carbocycles. The predicted octanol–water partition coefficient (Wildman–Crippen LogP) is 2.71. The van der Waals surface area contributed by atoms with E-state index in [4.69, 9.17) is 10.7 Å². The Balaban J connectivity index is 2.97. The molecule has 0 amide bonds. The Morgan fingerprint density at radius 2 is 2.00 bits per heavy atom. The van der Waals surface area contributed by atoms with Gasteiger partial charge in [0, 0.05) is 27.8 Å². The molecule has 0 aliphatic carbocycles. The van der Waals surface area contributed by atoms with Crippen LogP contribution in [0.25, 0.3) is 10.9 Å². The van der Waals surface area contributed by atoms with Gasteiger partial charge in [-0.25, -0.2) is 8.42 Å². The van der Waals surface area contributed by atoms with Crippen molar-refractivity contribution >= 4 is 30.6 Å². The highest BCUT2D eigenvalue weighted by Gasteiger charge is 2.18. The molecule has 0 atom stereocenters. The number of aromatic amines is 1.